The molecule has 0 saturated carbocycles. The van der Waals surface area contributed by atoms with E-state index in [2.05, 4.69) is 18.0 Å². The van der Waals surface area contributed by atoms with Crippen LogP contribution in [-0.4, -0.2) is 30.1 Å². The van der Waals surface area contributed by atoms with E-state index in [0.717, 1.165) is 27.0 Å². The van der Waals surface area contributed by atoms with Gasteiger partial charge in [0.05, 0.1) is 42.2 Å². The third kappa shape index (κ3) is 4.09. The Morgan fingerprint density at radius 1 is 1.06 bits per heavy atom. The molecule has 6 nitrogen and oxygen atoms in total. The van der Waals surface area contributed by atoms with E-state index in [-0.39, 0.29) is 12.5 Å². The summed E-state index contributed by atoms with van der Waals surface area (Å²) in [4.78, 5) is 24.6. The van der Waals surface area contributed by atoms with E-state index in [0.29, 0.717) is 22.2 Å². The molecule has 158 valence electrons. The Kier molecular flexibility index (Phi) is 5.86. The predicted molar refractivity (Wildman–Crippen MR) is 123 cm³/mol. The highest BCUT2D eigenvalue weighted by Crippen LogP contribution is 2.36. The van der Waals surface area contributed by atoms with Crippen LogP contribution < -0.4 is 14.4 Å². The number of thiazole rings is 1. The zero-order valence-corrected chi connectivity index (χ0v) is 18.7. The van der Waals surface area contributed by atoms with Gasteiger partial charge in [-0.15, -0.1) is 0 Å². The van der Waals surface area contributed by atoms with Gasteiger partial charge >= 0.3 is 0 Å². The maximum Gasteiger partial charge on any atom is 0.264 e. The van der Waals surface area contributed by atoms with Crippen molar-refractivity contribution in [2.24, 2.45) is 0 Å². The summed E-state index contributed by atoms with van der Waals surface area (Å²) in [6.45, 7) is 4.40. The minimum atomic E-state index is -0.227. The number of carbonyl (C=O) groups is 1. The Bertz CT molecular complexity index is 1240. The van der Waals surface area contributed by atoms with Crippen molar-refractivity contribution in [3.8, 4) is 11.5 Å². The predicted octanol–water partition coefficient (Wildman–Crippen LogP) is 5.17. The maximum atomic E-state index is 13.8. The molecule has 2 heterocycles. The number of benzene rings is 2. The maximum absolute atomic E-state index is 13.8. The van der Waals surface area contributed by atoms with Crippen LogP contribution in [0, 0.1) is 13.8 Å². The fraction of sp³-hybridized carbons (Fsp3) is 0.208. The number of amides is 1. The molecule has 0 spiro atoms. The number of carbonyl (C=O) groups excluding carboxylic acids is 1. The number of ether oxygens (including phenoxy) is 2. The van der Waals surface area contributed by atoms with Gasteiger partial charge in [0.1, 0.15) is 0 Å². The number of aryl methyl sites for hydroxylation is 2. The van der Waals surface area contributed by atoms with E-state index in [1.807, 2.05) is 31.2 Å². The average molecular weight is 434 g/mol. The van der Waals surface area contributed by atoms with Crippen LogP contribution in [-0.2, 0) is 6.54 Å². The lowest BCUT2D eigenvalue weighted by Gasteiger charge is -2.21. The highest BCUT2D eigenvalue weighted by molar-refractivity contribution is 7.22. The second-order valence-electron chi connectivity index (χ2n) is 7.18. The lowest BCUT2D eigenvalue weighted by Crippen LogP contribution is -2.31. The van der Waals surface area contributed by atoms with Crippen LogP contribution in [0.4, 0.5) is 5.13 Å². The average Bonchev–Trinajstić information content (AvgIpc) is 3.21. The van der Waals surface area contributed by atoms with Crippen LogP contribution >= 0.6 is 11.3 Å². The SMILES string of the molecule is COc1cccc(C(=O)N(Cc2ccccn2)c2nc3cc(C)cc(C)c3s2)c1OC. The van der Waals surface area contributed by atoms with E-state index in [9.17, 15) is 4.79 Å². The van der Waals surface area contributed by atoms with Crippen LogP contribution in [0.1, 0.15) is 27.2 Å². The van der Waals surface area contributed by atoms with E-state index in [1.54, 1.807) is 36.4 Å². The first-order chi connectivity index (χ1) is 15.0. The molecule has 2 aromatic heterocycles. The van der Waals surface area contributed by atoms with Gasteiger partial charge in [0.25, 0.3) is 5.91 Å². The highest BCUT2D eigenvalue weighted by Gasteiger charge is 2.26. The number of hydrogen-bond donors (Lipinski definition) is 0. The molecule has 0 bridgehead atoms. The molecular weight excluding hydrogens is 410 g/mol. The number of anilines is 1. The van der Waals surface area contributed by atoms with Crippen molar-refractivity contribution in [1.82, 2.24) is 9.97 Å². The minimum Gasteiger partial charge on any atom is -0.493 e. The summed E-state index contributed by atoms with van der Waals surface area (Å²) in [5.74, 6) is 0.672. The highest BCUT2D eigenvalue weighted by atomic mass is 32.1. The molecule has 0 saturated heterocycles. The molecule has 1 amide bonds. The third-order valence-corrected chi connectivity index (χ3v) is 6.19. The van der Waals surface area contributed by atoms with E-state index in [1.165, 1.54) is 18.4 Å². The lowest BCUT2D eigenvalue weighted by molar-refractivity contribution is 0.0981. The van der Waals surface area contributed by atoms with E-state index in [4.69, 9.17) is 14.5 Å². The molecule has 0 atom stereocenters. The Balaban J connectivity index is 1.84. The second kappa shape index (κ2) is 8.73. The number of fused-ring (bicyclic) bond motifs is 1. The first-order valence-electron chi connectivity index (χ1n) is 9.82. The van der Waals surface area contributed by atoms with Crippen LogP contribution in [0.5, 0.6) is 11.5 Å². The van der Waals surface area contributed by atoms with Crippen LogP contribution in [0.25, 0.3) is 10.2 Å². The molecule has 4 aromatic rings. The first-order valence-corrected chi connectivity index (χ1v) is 10.6. The Morgan fingerprint density at radius 2 is 1.90 bits per heavy atom. The van der Waals surface area contributed by atoms with Crippen LogP contribution in [0.15, 0.2) is 54.7 Å². The molecule has 0 aliphatic heterocycles. The van der Waals surface area contributed by atoms with Crippen LogP contribution in [0.2, 0.25) is 0 Å². The first kappa shape index (κ1) is 20.8. The van der Waals surface area contributed by atoms with Gasteiger partial charge in [0, 0.05) is 6.20 Å². The molecule has 0 aliphatic carbocycles. The van der Waals surface area contributed by atoms with Gasteiger partial charge in [-0.3, -0.25) is 14.7 Å². The molecule has 0 unspecified atom stereocenters. The van der Waals surface area contributed by atoms with Crippen molar-refractivity contribution >= 4 is 32.6 Å². The molecule has 0 N–H and O–H groups in total. The second-order valence-corrected chi connectivity index (χ2v) is 8.16. The number of para-hydroxylation sites is 1. The number of nitrogens with zero attached hydrogens (tertiary/aromatic N) is 3. The van der Waals surface area contributed by atoms with Crippen molar-refractivity contribution in [3.63, 3.8) is 0 Å². The summed E-state index contributed by atoms with van der Waals surface area (Å²) in [5, 5.41) is 0.615. The van der Waals surface area contributed by atoms with Gasteiger partial charge in [-0.2, -0.15) is 0 Å². The smallest absolute Gasteiger partial charge is 0.264 e. The molecular formula is C24H23N3O3S. The summed E-state index contributed by atoms with van der Waals surface area (Å²) in [6, 6.07) is 15.1. The Morgan fingerprint density at radius 3 is 2.61 bits per heavy atom. The van der Waals surface area contributed by atoms with Crippen molar-refractivity contribution in [2.45, 2.75) is 20.4 Å². The zero-order valence-electron chi connectivity index (χ0n) is 17.9. The summed E-state index contributed by atoms with van der Waals surface area (Å²) in [7, 11) is 3.08. The summed E-state index contributed by atoms with van der Waals surface area (Å²) in [5.41, 5.74) is 4.34. The Hall–Kier alpha value is -3.45. The molecule has 0 aliphatic rings. The van der Waals surface area contributed by atoms with Gasteiger partial charge in [-0.05, 0) is 55.3 Å². The number of rotatable bonds is 6. The number of pyridine rings is 1. The largest absolute Gasteiger partial charge is 0.493 e. The monoisotopic (exact) mass is 433 g/mol. The number of aromatic nitrogens is 2. The van der Waals surface area contributed by atoms with Crippen molar-refractivity contribution in [2.75, 3.05) is 19.1 Å². The zero-order chi connectivity index (χ0) is 22.0. The van der Waals surface area contributed by atoms with Crippen molar-refractivity contribution < 1.29 is 14.3 Å². The fourth-order valence-electron chi connectivity index (χ4n) is 3.56. The molecule has 7 heteroatoms. The summed E-state index contributed by atoms with van der Waals surface area (Å²) in [6.07, 6.45) is 1.72. The van der Waals surface area contributed by atoms with Gasteiger partial charge in [0.2, 0.25) is 0 Å². The Labute approximate surface area is 185 Å². The molecule has 31 heavy (non-hydrogen) atoms. The lowest BCUT2D eigenvalue weighted by atomic mass is 10.1. The van der Waals surface area contributed by atoms with Gasteiger partial charge in [-0.1, -0.05) is 29.5 Å². The molecule has 0 fully saturated rings. The van der Waals surface area contributed by atoms with Crippen molar-refractivity contribution in [1.29, 1.82) is 0 Å². The van der Waals surface area contributed by atoms with E-state index >= 15 is 0 Å². The van der Waals surface area contributed by atoms with Crippen LogP contribution in [0.3, 0.4) is 0 Å². The fourth-order valence-corrected chi connectivity index (χ4v) is 4.57. The third-order valence-electron chi connectivity index (χ3n) is 4.96. The summed E-state index contributed by atoms with van der Waals surface area (Å²) >= 11 is 1.50. The normalized spacial score (nSPS) is 10.8. The number of hydrogen-bond acceptors (Lipinski definition) is 6. The molecule has 0 radical (unpaired) electrons. The topological polar surface area (TPSA) is 64.5 Å². The van der Waals surface area contributed by atoms with Gasteiger partial charge in [-0.25, -0.2) is 4.98 Å². The molecule has 4 rings (SSSR count). The van der Waals surface area contributed by atoms with Crippen molar-refractivity contribution in [3.05, 3.63) is 77.1 Å². The van der Waals surface area contributed by atoms with Gasteiger partial charge < -0.3 is 9.47 Å². The molecule has 2 aromatic carbocycles. The minimum absolute atomic E-state index is 0.227. The number of methoxy groups -OCH3 is 2. The standard InChI is InChI=1S/C24H23N3O3S/c1-15-12-16(2)22-19(13-15)26-24(31-22)27(14-17-8-5-6-11-25-17)23(28)18-9-7-10-20(29-3)21(18)30-4/h5-13H,14H2,1-4H3. The van der Waals surface area contributed by atoms with Gasteiger partial charge in [0.15, 0.2) is 16.6 Å². The van der Waals surface area contributed by atoms with E-state index < -0.39 is 0 Å². The summed E-state index contributed by atoms with van der Waals surface area (Å²) < 4.78 is 12.0. The quantitative estimate of drug-likeness (QED) is 0.420.